The van der Waals surface area contributed by atoms with E-state index in [-0.39, 0.29) is 11.9 Å². The number of amides is 1. The summed E-state index contributed by atoms with van der Waals surface area (Å²) in [5.74, 6) is 0.809. The Kier molecular flexibility index (Phi) is 2.82. The second-order valence-electron chi connectivity index (χ2n) is 5.58. The fraction of sp³-hybridized carbons (Fsp3) is 0.462. The number of hydrogen-bond acceptors (Lipinski definition) is 6. The van der Waals surface area contributed by atoms with Crippen molar-refractivity contribution in [2.24, 2.45) is 11.1 Å². The van der Waals surface area contributed by atoms with E-state index < -0.39 is 5.41 Å². The number of thiophene rings is 1. The van der Waals surface area contributed by atoms with Gasteiger partial charge >= 0.3 is 0 Å². The second-order valence-corrected chi connectivity index (χ2v) is 6.81. The number of nitrogens with two attached hydrogens (primary N) is 2. The van der Waals surface area contributed by atoms with Crippen molar-refractivity contribution in [3.63, 3.8) is 0 Å². The molecule has 1 fully saturated rings. The van der Waals surface area contributed by atoms with Crippen molar-refractivity contribution in [2.45, 2.75) is 20.3 Å². The number of rotatable bonds is 2. The zero-order valence-electron chi connectivity index (χ0n) is 11.5. The van der Waals surface area contributed by atoms with Crippen LogP contribution in [0.15, 0.2) is 6.07 Å². The van der Waals surface area contributed by atoms with E-state index in [4.69, 9.17) is 11.5 Å². The Morgan fingerprint density at radius 2 is 2.25 bits per heavy atom. The third-order valence-corrected chi connectivity index (χ3v) is 4.83. The third-order valence-electron chi connectivity index (χ3n) is 3.88. The summed E-state index contributed by atoms with van der Waals surface area (Å²) in [4.78, 5) is 24.3. The summed E-state index contributed by atoms with van der Waals surface area (Å²) in [6, 6.07) is 2.06. The molecule has 0 saturated carbocycles. The van der Waals surface area contributed by atoms with Gasteiger partial charge in [0.2, 0.25) is 11.9 Å². The minimum atomic E-state index is -0.503. The maximum Gasteiger partial charge on any atom is 0.225 e. The highest BCUT2D eigenvalue weighted by molar-refractivity contribution is 7.18. The maximum absolute atomic E-state index is 11.6. The molecule has 2 aromatic heterocycles. The molecule has 3 heterocycles. The van der Waals surface area contributed by atoms with E-state index in [1.165, 1.54) is 0 Å². The molecule has 7 heteroatoms. The van der Waals surface area contributed by atoms with Crippen LogP contribution < -0.4 is 16.4 Å². The fourth-order valence-corrected chi connectivity index (χ4v) is 3.51. The van der Waals surface area contributed by atoms with Gasteiger partial charge in [0.15, 0.2) is 0 Å². The Morgan fingerprint density at radius 3 is 2.90 bits per heavy atom. The number of hydrogen-bond donors (Lipinski definition) is 2. The lowest BCUT2D eigenvalue weighted by atomic mass is 9.89. The monoisotopic (exact) mass is 291 g/mol. The number of carbonyl (C=O) groups excluding carboxylic acids is 1. The van der Waals surface area contributed by atoms with Gasteiger partial charge in [0.05, 0.1) is 10.8 Å². The van der Waals surface area contributed by atoms with Crippen LogP contribution in [0.2, 0.25) is 0 Å². The van der Waals surface area contributed by atoms with Crippen molar-refractivity contribution >= 4 is 39.2 Å². The summed E-state index contributed by atoms with van der Waals surface area (Å²) in [6.45, 7) is 5.25. The first kappa shape index (κ1) is 13.1. The van der Waals surface area contributed by atoms with E-state index in [9.17, 15) is 4.79 Å². The molecule has 6 nitrogen and oxygen atoms in total. The average molecular weight is 291 g/mol. The van der Waals surface area contributed by atoms with E-state index in [1.807, 2.05) is 13.8 Å². The molecule has 3 rings (SSSR count). The van der Waals surface area contributed by atoms with Crippen LogP contribution in [0.4, 0.5) is 11.8 Å². The molecule has 1 atom stereocenters. The topological polar surface area (TPSA) is 98.1 Å². The predicted molar refractivity (Wildman–Crippen MR) is 80.7 cm³/mol. The molecule has 4 N–H and O–H groups in total. The smallest absolute Gasteiger partial charge is 0.225 e. The van der Waals surface area contributed by atoms with Gasteiger partial charge in [0.1, 0.15) is 10.6 Å². The standard InChI is InChI=1S/C13H17N5OS/c1-7-5-8-9(16-12(15)17-10(8)20-7)18-4-3-13(2,6-18)11(14)19/h5H,3-4,6H2,1-2H3,(H2,14,19)(H2,15,16,17). The first-order chi connectivity index (χ1) is 9.39. The van der Waals surface area contributed by atoms with Crippen LogP contribution in [0.3, 0.4) is 0 Å². The van der Waals surface area contributed by atoms with Gasteiger partial charge in [0.25, 0.3) is 0 Å². The summed E-state index contributed by atoms with van der Waals surface area (Å²) < 4.78 is 0. The molecule has 2 aromatic rings. The van der Waals surface area contributed by atoms with Gasteiger partial charge in [0, 0.05) is 18.0 Å². The molecule has 1 amide bonds. The van der Waals surface area contributed by atoms with Gasteiger partial charge in [-0.1, -0.05) is 0 Å². The van der Waals surface area contributed by atoms with E-state index >= 15 is 0 Å². The summed E-state index contributed by atoms with van der Waals surface area (Å²) >= 11 is 1.60. The molecular formula is C13H17N5OS. The van der Waals surface area contributed by atoms with Crippen LogP contribution in [-0.2, 0) is 4.79 Å². The Balaban J connectivity index is 2.05. The largest absolute Gasteiger partial charge is 0.369 e. The number of primary amides is 1. The van der Waals surface area contributed by atoms with Crippen LogP contribution >= 0.6 is 11.3 Å². The van der Waals surface area contributed by atoms with Crippen LogP contribution in [0.5, 0.6) is 0 Å². The van der Waals surface area contributed by atoms with Crippen molar-refractivity contribution in [3.05, 3.63) is 10.9 Å². The van der Waals surface area contributed by atoms with Crippen molar-refractivity contribution in [2.75, 3.05) is 23.7 Å². The Labute approximate surface area is 120 Å². The highest BCUT2D eigenvalue weighted by Gasteiger charge is 2.40. The molecule has 0 radical (unpaired) electrons. The molecular weight excluding hydrogens is 274 g/mol. The second kappa shape index (κ2) is 4.31. The molecule has 1 saturated heterocycles. The van der Waals surface area contributed by atoms with Crippen LogP contribution in [0.25, 0.3) is 10.2 Å². The van der Waals surface area contributed by atoms with E-state index in [1.54, 1.807) is 11.3 Å². The van der Waals surface area contributed by atoms with Crippen molar-refractivity contribution in [1.29, 1.82) is 0 Å². The fourth-order valence-electron chi connectivity index (χ4n) is 2.63. The Hall–Kier alpha value is -1.89. The van der Waals surface area contributed by atoms with Gasteiger partial charge in [-0.25, -0.2) is 4.98 Å². The lowest BCUT2D eigenvalue weighted by Gasteiger charge is -2.22. The van der Waals surface area contributed by atoms with Crippen molar-refractivity contribution < 1.29 is 4.79 Å². The molecule has 106 valence electrons. The van der Waals surface area contributed by atoms with Crippen LogP contribution in [0, 0.1) is 12.3 Å². The quantitative estimate of drug-likeness (QED) is 0.868. The van der Waals surface area contributed by atoms with Gasteiger partial charge in [-0.05, 0) is 26.3 Å². The number of nitrogen functional groups attached to an aromatic ring is 1. The lowest BCUT2D eigenvalue weighted by molar-refractivity contribution is -0.125. The lowest BCUT2D eigenvalue weighted by Crippen LogP contribution is -2.37. The molecule has 1 unspecified atom stereocenters. The van der Waals surface area contributed by atoms with Gasteiger partial charge in [-0.3, -0.25) is 4.79 Å². The first-order valence-corrected chi connectivity index (χ1v) is 7.29. The van der Waals surface area contributed by atoms with E-state index in [2.05, 4.69) is 20.9 Å². The Morgan fingerprint density at radius 1 is 1.50 bits per heavy atom. The van der Waals surface area contributed by atoms with E-state index in [0.717, 1.165) is 33.9 Å². The first-order valence-electron chi connectivity index (χ1n) is 6.47. The van der Waals surface area contributed by atoms with Gasteiger partial charge in [-0.15, -0.1) is 11.3 Å². The summed E-state index contributed by atoms with van der Waals surface area (Å²) in [5, 5.41) is 0.996. The summed E-state index contributed by atoms with van der Waals surface area (Å²) in [7, 11) is 0. The van der Waals surface area contributed by atoms with Crippen molar-refractivity contribution in [3.8, 4) is 0 Å². The average Bonchev–Trinajstić information content (AvgIpc) is 2.91. The molecule has 20 heavy (non-hydrogen) atoms. The minimum Gasteiger partial charge on any atom is -0.369 e. The third kappa shape index (κ3) is 1.98. The SMILES string of the molecule is Cc1cc2c(N3CCC(C)(C(N)=O)C3)nc(N)nc2s1. The van der Waals surface area contributed by atoms with Crippen LogP contribution in [-0.4, -0.2) is 29.0 Å². The van der Waals surface area contributed by atoms with Crippen molar-refractivity contribution in [1.82, 2.24) is 9.97 Å². The molecule has 0 aromatic carbocycles. The predicted octanol–water partition coefficient (Wildman–Crippen LogP) is 1.28. The highest BCUT2D eigenvalue weighted by atomic mass is 32.1. The van der Waals surface area contributed by atoms with E-state index in [0.29, 0.717) is 6.54 Å². The van der Waals surface area contributed by atoms with Crippen LogP contribution in [0.1, 0.15) is 18.2 Å². The minimum absolute atomic E-state index is 0.264. The molecule has 1 aliphatic heterocycles. The molecule has 1 aliphatic rings. The van der Waals surface area contributed by atoms with Gasteiger partial charge < -0.3 is 16.4 Å². The normalized spacial score (nSPS) is 22.6. The number of anilines is 2. The molecule has 0 bridgehead atoms. The number of carbonyl (C=O) groups is 1. The zero-order chi connectivity index (χ0) is 14.5. The maximum atomic E-state index is 11.6. The summed E-state index contributed by atoms with van der Waals surface area (Å²) in [5.41, 5.74) is 10.8. The molecule has 0 spiro atoms. The number of aryl methyl sites for hydroxylation is 1. The zero-order valence-corrected chi connectivity index (χ0v) is 12.3. The number of fused-ring (bicyclic) bond motifs is 1. The Bertz CT molecular complexity index is 697. The van der Waals surface area contributed by atoms with Gasteiger partial charge in [-0.2, -0.15) is 4.98 Å². The highest BCUT2D eigenvalue weighted by Crippen LogP contribution is 2.37. The number of nitrogens with zero attached hydrogens (tertiary/aromatic N) is 3. The summed E-state index contributed by atoms with van der Waals surface area (Å²) in [6.07, 6.45) is 0.733. The molecule has 0 aliphatic carbocycles. The number of aromatic nitrogens is 2.